The molecule has 0 spiro atoms. The van der Waals surface area contributed by atoms with Crippen molar-refractivity contribution in [3.8, 4) is 11.5 Å². The summed E-state index contributed by atoms with van der Waals surface area (Å²) >= 11 is 6.37. The number of nitro benzene ring substituents is 1. The number of rotatable bonds is 7. The second-order valence-electron chi connectivity index (χ2n) is 9.65. The number of imide groups is 1. The van der Waals surface area contributed by atoms with Crippen LogP contribution in [0.1, 0.15) is 22.3 Å². The van der Waals surface area contributed by atoms with E-state index >= 15 is 0 Å². The minimum absolute atomic E-state index is 0.0117. The fourth-order valence-corrected chi connectivity index (χ4v) is 5.13. The number of fused-ring (bicyclic) bond motifs is 1. The summed E-state index contributed by atoms with van der Waals surface area (Å²) in [7, 11) is 0. The van der Waals surface area contributed by atoms with E-state index in [9.17, 15) is 24.5 Å². The Labute approximate surface area is 243 Å². The molecule has 5 aromatic rings. The molecule has 11 heteroatoms. The van der Waals surface area contributed by atoms with Gasteiger partial charge in [0.15, 0.2) is 5.58 Å². The number of para-hydroxylation sites is 2. The van der Waals surface area contributed by atoms with Crippen molar-refractivity contribution in [2.75, 3.05) is 4.90 Å². The zero-order chi connectivity index (χ0) is 29.4. The van der Waals surface area contributed by atoms with E-state index in [1.165, 1.54) is 23.1 Å². The predicted octanol–water partition coefficient (Wildman–Crippen LogP) is 6.03. The number of nitrogens with zero attached hydrogens (tertiary/aromatic N) is 4. The second kappa shape index (κ2) is 10.9. The first-order valence-corrected chi connectivity index (χ1v) is 13.3. The predicted molar refractivity (Wildman–Crippen MR) is 155 cm³/mol. The fraction of sp³-hybridized carbons (Fsp3) is 0.0968. The Balaban J connectivity index is 1.31. The van der Waals surface area contributed by atoms with Crippen LogP contribution in [0.15, 0.2) is 101 Å². The molecule has 0 saturated carbocycles. The summed E-state index contributed by atoms with van der Waals surface area (Å²) in [5.74, 6) is -1.33. The van der Waals surface area contributed by atoms with E-state index in [4.69, 9.17) is 16.0 Å². The highest BCUT2D eigenvalue weighted by molar-refractivity contribution is 6.31. The molecule has 1 aliphatic rings. The van der Waals surface area contributed by atoms with Crippen molar-refractivity contribution < 1.29 is 23.7 Å². The maximum atomic E-state index is 13.8. The zero-order valence-corrected chi connectivity index (χ0v) is 22.6. The van der Waals surface area contributed by atoms with Crippen molar-refractivity contribution in [1.29, 1.82) is 0 Å². The summed E-state index contributed by atoms with van der Waals surface area (Å²) in [5.41, 5.74) is 2.62. The van der Waals surface area contributed by atoms with E-state index in [1.54, 1.807) is 48.5 Å². The van der Waals surface area contributed by atoms with Gasteiger partial charge in [-0.1, -0.05) is 48.0 Å². The minimum Gasteiger partial charge on any atom is -0.436 e. The van der Waals surface area contributed by atoms with Crippen molar-refractivity contribution in [2.45, 2.75) is 19.0 Å². The average Bonchev–Trinajstić information content (AvgIpc) is 3.56. The van der Waals surface area contributed by atoms with E-state index in [2.05, 4.69) is 4.98 Å². The highest BCUT2D eigenvalue weighted by Gasteiger charge is 2.44. The lowest BCUT2D eigenvalue weighted by Gasteiger charge is -2.28. The normalized spacial score (nSPS) is 14.9. The number of non-ortho nitro benzene ring substituents is 1. The number of carbonyl (C=O) groups is 3. The van der Waals surface area contributed by atoms with Crippen LogP contribution in [0.25, 0.3) is 22.6 Å². The van der Waals surface area contributed by atoms with Crippen LogP contribution in [0.3, 0.4) is 0 Å². The van der Waals surface area contributed by atoms with Crippen molar-refractivity contribution in [2.24, 2.45) is 0 Å². The zero-order valence-electron chi connectivity index (χ0n) is 21.8. The van der Waals surface area contributed by atoms with E-state index in [0.717, 1.165) is 11.0 Å². The topological polar surface area (TPSA) is 127 Å². The number of benzene rings is 4. The van der Waals surface area contributed by atoms with Crippen LogP contribution >= 0.6 is 11.6 Å². The monoisotopic (exact) mass is 580 g/mol. The third-order valence-corrected chi connectivity index (χ3v) is 7.40. The molecular formula is C31H21ClN4O6. The van der Waals surface area contributed by atoms with Crippen molar-refractivity contribution in [3.05, 3.63) is 123 Å². The van der Waals surface area contributed by atoms with Gasteiger partial charge in [0.1, 0.15) is 11.6 Å². The molecule has 1 saturated heterocycles. The SMILES string of the molecule is O=C1CC(N(Cc2ccccc2Cl)C(=O)c2cccc([N+](=O)[O-])c2)C(=O)N1c1ccc(-c2nc3ccccc3o2)cc1. The molecule has 0 bridgehead atoms. The van der Waals surface area contributed by atoms with Crippen LogP contribution < -0.4 is 4.90 Å². The lowest BCUT2D eigenvalue weighted by atomic mass is 10.1. The molecule has 1 fully saturated rings. The number of halogens is 1. The molecule has 4 aromatic carbocycles. The molecule has 6 rings (SSSR count). The van der Waals surface area contributed by atoms with E-state index in [0.29, 0.717) is 38.8 Å². The van der Waals surface area contributed by atoms with Gasteiger partial charge in [-0.3, -0.25) is 24.5 Å². The smallest absolute Gasteiger partial charge is 0.270 e. The molecular weight excluding hydrogens is 560 g/mol. The fourth-order valence-electron chi connectivity index (χ4n) is 4.93. The summed E-state index contributed by atoms with van der Waals surface area (Å²) in [6, 6.07) is 24.9. The largest absolute Gasteiger partial charge is 0.436 e. The molecule has 10 nitrogen and oxygen atoms in total. The van der Waals surface area contributed by atoms with E-state index in [-0.39, 0.29) is 24.2 Å². The highest BCUT2D eigenvalue weighted by atomic mass is 35.5. The van der Waals surface area contributed by atoms with Crippen LogP contribution in [0.4, 0.5) is 11.4 Å². The molecule has 0 radical (unpaired) electrons. The maximum Gasteiger partial charge on any atom is 0.270 e. The lowest BCUT2D eigenvalue weighted by molar-refractivity contribution is -0.384. The molecule has 2 heterocycles. The van der Waals surface area contributed by atoms with Gasteiger partial charge < -0.3 is 9.32 Å². The highest BCUT2D eigenvalue weighted by Crippen LogP contribution is 2.32. The van der Waals surface area contributed by atoms with Crippen LogP contribution in [-0.4, -0.2) is 38.6 Å². The summed E-state index contributed by atoms with van der Waals surface area (Å²) in [4.78, 5) is 58.2. The van der Waals surface area contributed by atoms with Gasteiger partial charge in [-0.25, -0.2) is 9.88 Å². The third-order valence-electron chi connectivity index (χ3n) is 7.03. The van der Waals surface area contributed by atoms with Crippen molar-refractivity contribution >= 4 is 51.8 Å². The summed E-state index contributed by atoms with van der Waals surface area (Å²) in [6.07, 6.45) is -0.267. The van der Waals surface area contributed by atoms with E-state index < -0.39 is 28.7 Å². The molecule has 1 aromatic heterocycles. The molecule has 1 unspecified atom stereocenters. The molecule has 1 aliphatic heterocycles. The molecule has 208 valence electrons. The maximum absolute atomic E-state index is 13.8. The summed E-state index contributed by atoms with van der Waals surface area (Å²) < 4.78 is 5.81. The molecule has 1 atom stereocenters. The van der Waals surface area contributed by atoms with Crippen LogP contribution in [-0.2, 0) is 16.1 Å². The van der Waals surface area contributed by atoms with Crippen LogP contribution in [0, 0.1) is 10.1 Å². The van der Waals surface area contributed by atoms with Crippen LogP contribution in [0.5, 0.6) is 0 Å². The van der Waals surface area contributed by atoms with Gasteiger partial charge in [-0.05, 0) is 54.1 Å². The Bertz CT molecular complexity index is 1840. The number of carbonyl (C=O) groups excluding carboxylic acids is 3. The average molecular weight is 581 g/mol. The van der Waals surface area contributed by atoms with Gasteiger partial charge in [0.25, 0.3) is 17.5 Å². The number of aromatic nitrogens is 1. The Morgan fingerprint density at radius 1 is 1.00 bits per heavy atom. The first-order chi connectivity index (χ1) is 20.3. The quantitative estimate of drug-likeness (QED) is 0.131. The number of hydrogen-bond acceptors (Lipinski definition) is 7. The first-order valence-electron chi connectivity index (χ1n) is 12.9. The number of nitro groups is 1. The van der Waals surface area contributed by atoms with Gasteiger partial charge in [-0.2, -0.15) is 0 Å². The first kappa shape index (κ1) is 26.9. The summed E-state index contributed by atoms with van der Waals surface area (Å²) in [5, 5.41) is 11.7. The molecule has 0 N–H and O–H groups in total. The summed E-state index contributed by atoms with van der Waals surface area (Å²) in [6.45, 7) is -0.0879. The number of anilines is 1. The van der Waals surface area contributed by atoms with Gasteiger partial charge in [0, 0.05) is 34.8 Å². The van der Waals surface area contributed by atoms with Gasteiger partial charge in [-0.15, -0.1) is 0 Å². The molecule has 42 heavy (non-hydrogen) atoms. The Kier molecular flexibility index (Phi) is 6.97. The third kappa shape index (κ3) is 4.99. The number of hydrogen-bond donors (Lipinski definition) is 0. The standard InChI is InChI=1S/C31H21ClN4O6/c32-24-9-2-1-6-21(24)18-34(30(38)20-7-5-8-23(16-20)36(40)41)26-17-28(37)35(31(26)39)22-14-12-19(13-15-22)29-33-25-10-3-4-11-27(25)42-29/h1-16,26H,17-18H2. The second-order valence-corrected chi connectivity index (χ2v) is 10.1. The number of amides is 3. The minimum atomic E-state index is -1.16. The number of oxazole rings is 1. The van der Waals surface area contributed by atoms with Crippen molar-refractivity contribution in [1.82, 2.24) is 9.88 Å². The van der Waals surface area contributed by atoms with Crippen LogP contribution in [0.2, 0.25) is 5.02 Å². The van der Waals surface area contributed by atoms with Gasteiger partial charge in [0.05, 0.1) is 17.0 Å². The Morgan fingerprint density at radius 3 is 2.48 bits per heavy atom. The Morgan fingerprint density at radius 2 is 1.74 bits per heavy atom. The molecule has 0 aliphatic carbocycles. The van der Waals surface area contributed by atoms with Gasteiger partial charge in [0.2, 0.25) is 11.8 Å². The van der Waals surface area contributed by atoms with Gasteiger partial charge >= 0.3 is 0 Å². The Hall–Kier alpha value is -5.35. The molecule has 3 amide bonds. The lowest BCUT2D eigenvalue weighted by Crippen LogP contribution is -2.45. The van der Waals surface area contributed by atoms with Crippen molar-refractivity contribution in [3.63, 3.8) is 0 Å². The van der Waals surface area contributed by atoms with E-state index in [1.807, 2.05) is 24.3 Å².